The van der Waals surface area contributed by atoms with E-state index in [9.17, 15) is 5.11 Å². The first-order chi connectivity index (χ1) is 8.44. The van der Waals surface area contributed by atoms with Crippen LogP contribution in [0.2, 0.25) is 13.1 Å². The van der Waals surface area contributed by atoms with Gasteiger partial charge in [0.25, 0.3) is 0 Å². The van der Waals surface area contributed by atoms with Gasteiger partial charge in [-0.05, 0) is 48.6 Å². The molecule has 0 saturated heterocycles. The minimum atomic E-state index is -1.04. The van der Waals surface area contributed by atoms with Gasteiger partial charge in [0.15, 0.2) is 9.04 Å². The summed E-state index contributed by atoms with van der Waals surface area (Å²) in [6.07, 6.45) is 2.05. The summed E-state index contributed by atoms with van der Waals surface area (Å²) >= 11 is 0. The summed E-state index contributed by atoms with van der Waals surface area (Å²) in [6.45, 7) is 18.2. The van der Waals surface area contributed by atoms with Crippen LogP contribution in [-0.2, 0) is 4.43 Å². The molecule has 2 nitrogen and oxygen atoms in total. The Kier molecular flexibility index (Phi) is 5.31. The van der Waals surface area contributed by atoms with Crippen LogP contribution in [-0.4, -0.2) is 26.4 Å². The molecule has 1 fully saturated rings. The Morgan fingerprint density at radius 2 is 1.37 bits per heavy atom. The fourth-order valence-electron chi connectivity index (χ4n) is 3.88. The Labute approximate surface area is 121 Å². The molecule has 19 heavy (non-hydrogen) atoms. The fourth-order valence-corrected chi connectivity index (χ4v) is 4.88. The topological polar surface area (TPSA) is 29.5 Å². The molecule has 4 atom stereocenters. The van der Waals surface area contributed by atoms with E-state index in [1.54, 1.807) is 0 Å². The van der Waals surface area contributed by atoms with Crippen molar-refractivity contribution in [1.82, 2.24) is 0 Å². The van der Waals surface area contributed by atoms with Gasteiger partial charge in [-0.2, -0.15) is 0 Å². The lowest BCUT2D eigenvalue weighted by atomic mass is 9.57. The smallest absolute Gasteiger partial charge is 0.171 e. The Balaban J connectivity index is 3.09. The van der Waals surface area contributed by atoms with Crippen LogP contribution < -0.4 is 0 Å². The fraction of sp³-hybridized carbons (Fsp3) is 1.00. The summed E-state index contributed by atoms with van der Waals surface area (Å²) in [4.78, 5) is 0. The number of rotatable bonds is 2. The van der Waals surface area contributed by atoms with Crippen molar-refractivity contribution in [3.8, 4) is 0 Å². The minimum absolute atomic E-state index is 0.123. The third kappa shape index (κ3) is 4.30. The highest BCUT2D eigenvalue weighted by atomic mass is 28.3. The van der Waals surface area contributed by atoms with Gasteiger partial charge < -0.3 is 9.53 Å². The summed E-state index contributed by atoms with van der Waals surface area (Å²) in [7, 11) is -1.04. The average Bonchev–Trinajstić information content (AvgIpc) is 2.15. The molecule has 0 bridgehead atoms. The van der Waals surface area contributed by atoms with Gasteiger partial charge in [0.2, 0.25) is 0 Å². The molecule has 0 spiro atoms. The maximum atomic E-state index is 10.5. The van der Waals surface area contributed by atoms with Crippen LogP contribution >= 0.6 is 0 Å². The zero-order valence-electron chi connectivity index (χ0n) is 14.2. The van der Waals surface area contributed by atoms with E-state index < -0.39 is 9.04 Å². The molecular weight excluding hydrogens is 252 g/mol. The Bertz CT molecular complexity index is 288. The van der Waals surface area contributed by atoms with E-state index in [4.69, 9.17) is 4.43 Å². The zero-order chi connectivity index (χ0) is 15.0. The molecule has 1 saturated carbocycles. The van der Waals surface area contributed by atoms with Gasteiger partial charge in [0.1, 0.15) is 0 Å². The van der Waals surface area contributed by atoms with E-state index >= 15 is 0 Å². The molecule has 0 unspecified atom stereocenters. The average molecular weight is 287 g/mol. The first-order valence-electron chi connectivity index (χ1n) is 7.78. The third-order valence-corrected chi connectivity index (χ3v) is 5.29. The van der Waals surface area contributed by atoms with E-state index in [0.29, 0.717) is 17.9 Å². The van der Waals surface area contributed by atoms with Crippen LogP contribution in [0.4, 0.5) is 0 Å². The molecule has 1 N–H and O–H groups in total. The van der Waals surface area contributed by atoms with Crippen LogP contribution in [0.1, 0.15) is 54.4 Å². The Morgan fingerprint density at radius 1 is 0.895 bits per heavy atom. The Morgan fingerprint density at radius 3 is 1.74 bits per heavy atom. The van der Waals surface area contributed by atoms with Crippen molar-refractivity contribution in [1.29, 1.82) is 0 Å². The number of aliphatic hydroxyl groups excluding tert-OH is 1. The lowest BCUT2D eigenvalue weighted by Gasteiger charge is -2.52. The number of aliphatic hydroxyl groups is 1. The van der Waals surface area contributed by atoms with Gasteiger partial charge in [-0.25, -0.2) is 0 Å². The molecule has 0 heterocycles. The lowest BCUT2D eigenvalue weighted by molar-refractivity contribution is -0.114. The normalized spacial score (nSPS) is 33.8. The van der Waals surface area contributed by atoms with Crippen molar-refractivity contribution < 1.29 is 9.53 Å². The predicted octanol–water partition coefficient (Wildman–Crippen LogP) is 3.83. The zero-order valence-corrected chi connectivity index (χ0v) is 15.3. The molecule has 0 aromatic rings. The summed E-state index contributed by atoms with van der Waals surface area (Å²) in [5, 5.41) is 10.5. The largest absolute Gasteiger partial charge is 0.417 e. The first kappa shape index (κ1) is 17.2. The van der Waals surface area contributed by atoms with Crippen molar-refractivity contribution >= 4 is 9.04 Å². The van der Waals surface area contributed by atoms with E-state index in [0.717, 1.165) is 12.8 Å². The quantitative estimate of drug-likeness (QED) is 0.782. The SMILES string of the molecule is C[SiH](C)O[C@@H]1CC[C@@H](O)[C@@H](C(C)(C)C)[C@@H]1C(C)(C)C. The van der Waals surface area contributed by atoms with Crippen LogP contribution in [0.25, 0.3) is 0 Å². The van der Waals surface area contributed by atoms with Gasteiger partial charge in [-0.1, -0.05) is 41.5 Å². The molecule has 0 radical (unpaired) electrons. The molecule has 0 amide bonds. The van der Waals surface area contributed by atoms with E-state index in [-0.39, 0.29) is 16.9 Å². The molecule has 0 aromatic heterocycles. The highest BCUT2D eigenvalue weighted by Crippen LogP contribution is 2.50. The van der Waals surface area contributed by atoms with Crippen molar-refractivity contribution in [3.05, 3.63) is 0 Å². The maximum Gasteiger partial charge on any atom is 0.171 e. The summed E-state index contributed by atoms with van der Waals surface area (Å²) in [5.74, 6) is 0.755. The van der Waals surface area contributed by atoms with Gasteiger partial charge >= 0.3 is 0 Å². The lowest BCUT2D eigenvalue weighted by Crippen LogP contribution is -2.53. The standard InChI is InChI=1S/C16H34O2Si/c1-15(2,3)13-11(17)9-10-12(18-19(7)8)14(13)16(4,5)6/h11-14,17,19H,9-10H2,1-8H3/t11-,12-,13-,14-/m1/s1. The van der Waals surface area contributed by atoms with Crippen molar-refractivity contribution in [2.75, 3.05) is 0 Å². The second-order valence-corrected chi connectivity index (χ2v) is 11.0. The van der Waals surface area contributed by atoms with E-state index in [1.807, 2.05) is 0 Å². The highest BCUT2D eigenvalue weighted by molar-refractivity contribution is 6.48. The van der Waals surface area contributed by atoms with E-state index in [1.165, 1.54) is 0 Å². The molecule has 1 aliphatic carbocycles. The van der Waals surface area contributed by atoms with E-state index in [2.05, 4.69) is 54.6 Å². The number of hydrogen-bond acceptors (Lipinski definition) is 2. The maximum absolute atomic E-state index is 10.5. The molecule has 1 rings (SSSR count). The summed E-state index contributed by atoms with van der Waals surface area (Å²) in [5.41, 5.74) is 0.297. The molecule has 0 aliphatic heterocycles. The Hall–Kier alpha value is 0.137. The summed E-state index contributed by atoms with van der Waals surface area (Å²) < 4.78 is 6.33. The third-order valence-electron chi connectivity index (χ3n) is 4.40. The molecule has 114 valence electrons. The highest BCUT2D eigenvalue weighted by Gasteiger charge is 2.49. The van der Waals surface area contributed by atoms with Gasteiger partial charge in [-0.3, -0.25) is 0 Å². The van der Waals surface area contributed by atoms with Crippen molar-refractivity contribution in [2.45, 2.75) is 79.7 Å². The molecule has 1 aliphatic rings. The van der Waals surface area contributed by atoms with Crippen LogP contribution in [0.3, 0.4) is 0 Å². The molecular formula is C16H34O2Si. The summed E-state index contributed by atoms with van der Waals surface area (Å²) in [6, 6.07) is 0. The molecule has 0 aromatic carbocycles. The van der Waals surface area contributed by atoms with Crippen LogP contribution in [0.15, 0.2) is 0 Å². The van der Waals surface area contributed by atoms with Crippen LogP contribution in [0, 0.1) is 22.7 Å². The first-order valence-corrected chi connectivity index (χ1v) is 10.6. The van der Waals surface area contributed by atoms with Crippen molar-refractivity contribution in [3.63, 3.8) is 0 Å². The predicted molar refractivity (Wildman–Crippen MR) is 84.9 cm³/mol. The van der Waals surface area contributed by atoms with Gasteiger partial charge in [0.05, 0.1) is 6.10 Å². The van der Waals surface area contributed by atoms with Crippen LogP contribution in [0.5, 0.6) is 0 Å². The van der Waals surface area contributed by atoms with Crippen molar-refractivity contribution in [2.24, 2.45) is 22.7 Å². The monoisotopic (exact) mass is 286 g/mol. The molecule has 3 heteroatoms. The second-order valence-electron chi connectivity index (χ2n) is 8.65. The second kappa shape index (κ2) is 5.86. The minimum Gasteiger partial charge on any atom is -0.417 e. The van der Waals surface area contributed by atoms with Gasteiger partial charge in [-0.15, -0.1) is 0 Å². The van der Waals surface area contributed by atoms with Gasteiger partial charge in [0, 0.05) is 6.10 Å². The number of hydrogen-bond donors (Lipinski definition) is 1.